The monoisotopic (exact) mass is 404 g/mol. The first-order chi connectivity index (χ1) is 12.2. The molecule has 0 saturated carbocycles. The van der Waals surface area contributed by atoms with E-state index in [-0.39, 0.29) is 0 Å². The first kappa shape index (κ1) is 18.1. The van der Waals surface area contributed by atoms with Gasteiger partial charge in [0, 0.05) is 44.5 Å². The molecule has 0 amide bonds. The van der Waals surface area contributed by atoms with Gasteiger partial charge in [-0.25, -0.2) is 0 Å². The molecule has 1 heterocycles. The summed E-state index contributed by atoms with van der Waals surface area (Å²) >= 11 is 3.52. The van der Waals surface area contributed by atoms with Gasteiger partial charge in [0.2, 0.25) is 0 Å². The maximum atomic E-state index is 5.41. The molecule has 5 heteroatoms. The van der Waals surface area contributed by atoms with Gasteiger partial charge in [-0.05, 0) is 52.2 Å². The van der Waals surface area contributed by atoms with Crippen LogP contribution >= 0.6 is 15.9 Å². The van der Waals surface area contributed by atoms with Crippen LogP contribution in [-0.2, 0) is 6.42 Å². The van der Waals surface area contributed by atoms with E-state index in [9.17, 15) is 0 Å². The van der Waals surface area contributed by atoms with E-state index in [1.165, 1.54) is 11.3 Å². The molecule has 134 valence electrons. The normalized spacial score (nSPS) is 15.2. The number of anilines is 1. The summed E-state index contributed by atoms with van der Waals surface area (Å²) in [5.74, 6) is 1.82. The van der Waals surface area contributed by atoms with Crippen molar-refractivity contribution in [2.24, 2.45) is 0 Å². The van der Waals surface area contributed by atoms with Crippen molar-refractivity contribution >= 4 is 21.6 Å². The molecule has 0 spiro atoms. The predicted molar refractivity (Wildman–Crippen MR) is 106 cm³/mol. The molecule has 2 aromatic rings. The van der Waals surface area contributed by atoms with Crippen LogP contribution in [-0.4, -0.2) is 51.8 Å². The highest BCUT2D eigenvalue weighted by molar-refractivity contribution is 9.10. The van der Waals surface area contributed by atoms with Crippen molar-refractivity contribution in [1.82, 2.24) is 4.90 Å². The van der Waals surface area contributed by atoms with Gasteiger partial charge in [-0.15, -0.1) is 0 Å². The van der Waals surface area contributed by atoms with Crippen LogP contribution in [0.25, 0.3) is 0 Å². The van der Waals surface area contributed by atoms with E-state index >= 15 is 0 Å². The fourth-order valence-corrected chi connectivity index (χ4v) is 3.60. The Morgan fingerprint density at radius 2 is 1.76 bits per heavy atom. The highest BCUT2D eigenvalue weighted by Crippen LogP contribution is 2.30. The van der Waals surface area contributed by atoms with Crippen LogP contribution in [0.15, 0.2) is 46.9 Å². The molecule has 1 aliphatic heterocycles. The molecule has 0 unspecified atom stereocenters. The van der Waals surface area contributed by atoms with E-state index < -0.39 is 0 Å². The van der Waals surface area contributed by atoms with Crippen molar-refractivity contribution in [3.8, 4) is 11.5 Å². The Balaban J connectivity index is 1.51. The fourth-order valence-electron chi connectivity index (χ4n) is 3.19. The molecule has 3 rings (SSSR count). The topological polar surface area (TPSA) is 24.9 Å². The van der Waals surface area contributed by atoms with Crippen LogP contribution in [0.1, 0.15) is 5.56 Å². The molecule has 1 fully saturated rings. The van der Waals surface area contributed by atoms with Crippen molar-refractivity contribution in [1.29, 1.82) is 0 Å². The van der Waals surface area contributed by atoms with Crippen LogP contribution in [0.4, 0.5) is 5.69 Å². The Labute approximate surface area is 158 Å². The van der Waals surface area contributed by atoms with Crippen LogP contribution in [0, 0.1) is 0 Å². The van der Waals surface area contributed by atoms with Crippen molar-refractivity contribution < 1.29 is 9.47 Å². The molecule has 1 saturated heterocycles. The standard InChI is InChI=1S/C20H25BrN2O2/c1-24-18-5-3-4-16(14-18)8-9-22-10-12-23(13-11-22)17-6-7-19(21)20(15-17)25-2/h3-7,14-15H,8-13H2,1-2H3. The molecule has 0 radical (unpaired) electrons. The van der Waals surface area contributed by atoms with Crippen LogP contribution in [0.2, 0.25) is 0 Å². The van der Waals surface area contributed by atoms with E-state index in [1.54, 1.807) is 14.2 Å². The molecule has 0 aliphatic carbocycles. The quantitative estimate of drug-likeness (QED) is 0.730. The fraction of sp³-hybridized carbons (Fsp3) is 0.400. The van der Waals surface area contributed by atoms with E-state index in [2.05, 4.69) is 62.1 Å². The largest absolute Gasteiger partial charge is 0.497 e. The van der Waals surface area contributed by atoms with Gasteiger partial charge in [-0.3, -0.25) is 4.90 Å². The lowest BCUT2D eigenvalue weighted by Crippen LogP contribution is -2.47. The molecule has 0 atom stereocenters. The Morgan fingerprint density at radius 1 is 0.960 bits per heavy atom. The van der Waals surface area contributed by atoms with Crippen molar-refractivity contribution in [2.75, 3.05) is 51.8 Å². The SMILES string of the molecule is COc1cccc(CCN2CCN(c3ccc(Br)c(OC)c3)CC2)c1. The molecular formula is C20H25BrN2O2. The smallest absolute Gasteiger partial charge is 0.135 e. The van der Waals surface area contributed by atoms with Gasteiger partial charge in [0.15, 0.2) is 0 Å². The first-order valence-electron chi connectivity index (χ1n) is 8.63. The molecular weight excluding hydrogens is 380 g/mol. The van der Waals surface area contributed by atoms with Crippen LogP contribution in [0.3, 0.4) is 0 Å². The molecule has 2 aromatic carbocycles. The van der Waals surface area contributed by atoms with Gasteiger partial charge in [-0.1, -0.05) is 12.1 Å². The number of hydrogen-bond donors (Lipinski definition) is 0. The van der Waals surface area contributed by atoms with Gasteiger partial charge in [0.25, 0.3) is 0 Å². The summed E-state index contributed by atoms with van der Waals surface area (Å²) in [5, 5.41) is 0. The Bertz CT molecular complexity index is 700. The van der Waals surface area contributed by atoms with Crippen LogP contribution < -0.4 is 14.4 Å². The minimum absolute atomic E-state index is 0.887. The molecule has 25 heavy (non-hydrogen) atoms. The number of benzene rings is 2. The van der Waals surface area contributed by atoms with Crippen molar-refractivity contribution in [3.05, 3.63) is 52.5 Å². The van der Waals surface area contributed by atoms with Gasteiger partial charge in [0.05, 0.1) is 18.7 Å². The third-order valence-electron chi connectivity index (χ3n) is 4.72. The van der Waals surface area contributed by atoms with E-state index in [0.717, 1.165) is 55.1 Å². The second-order valence-electron chi connectivity index (χ2n) is 6.25. The minimum atomic E-state index is 0.887. The predicted octanol–water partition coefficient (Wildman–Crippen LogP) is 3.83. The van der Waals surface area contributed by atoms with E-state index in [4.69, 9.17) is 9.47 Å². The second-order valence-corrected chi connectivity index (χ2v) is 7.10. The highest BCUT2D eigenvalue weighted by Gasteiger charge is 2.18. The Morgan fingerprint density at radius 3 is 2.48 bits per heavy atom. The van der Waals surface area contributed by atoms with Gasteiger partial charge < -0.3 is 14.4 Å². The maximum Gasteiger partial charge on any atom is 0.135 e. The van der Waals surface area contributed by atoms with Gasteiger partial charge >= 0.3 is 0 Å². The number of methoxy groups -OCH3 is 2. The zero-order valence-electron chi connectivity index (χ0n) is 14.9. The lowest BCUT2D eigenvalue weighted by atomic mass is 10.1. The number of nitrogens with zero attached hydrogens (tertiary/aromatic N) is 2. The van der Waals surface area contributed by atoms with Gasteiger partial charge in [-0.2, -0.15) is 0 Å². The van der Waals surface area contributed by atoms with Crippen LogP contribution in [0.5, 0.6) is 11.5 Å². The summed E-state index contributed by atoms with van der Waals surface area (Å²) in [7, 11) is 3.43. The third kappa shape index (κ3) is 4.67. The first-order valence-corrected chi connectivity index (χ1v) is 9.42. The molecule has 1 aliphatic rings. The maximum absolute atomic E-state index is 5.41. The molecule has 0 bridgehead atoms. The lowest BCUT2D eigenvalue weighted by molar-refractivity contribution is 0.261. The number of ether oxygens (including phenoxy) is 2. The summed E-state index contributed by atoms with van der Waals surface area (Å²) in [6.45, 7) is 5.35. The molecule has 0 N–H and O–H groups in total. The molecule has 4 nitrogen and oxygen atoms in total. The van der Waals surface area contributed by atoms with Gasteiger partial charge in [0.1, 0.15) is 11.5 Å². The average molecular weight is 405 g/mol. The van der Waals surface area contributed by atoms with Crippen molar-refractivity contribution in [2.45, 2.75) is 6.42 Å². The third-order valence-corrected chi connectivity index (χ3v) is 5.38. The zero-order chi connectivity index (χ0) is 17.6. The molecule has 0 aromatic heterocycles. The number of hydrogen-bond acceptors (Lipinski definition) is 4. The Kier molecular flexibility index (Phi) is 6.21. The average Bonchev–Trinajstić information content (AvgIpc) is 2.67. The Hall–Kier alpha value is -1.72. The summed E-state index contributed by atoms with van der Waals surface area (Å²) in [6.07, 6.45) is 1.06. The zero-order valence-corrected chi connectivity index (χ0v) is 16.5. The lowest BCUT2D eigenvalue weighted by Gasteiger charge is -2.36. The number of rotatable bonds is 6. The summed E-state index contributed by atoms with van der Waals surface area (Å²) < 4.78 is 11.7. The second kappa shape index (κ2) is 8.59. The van der Waals surface area contributed by atoms with E-state index in [1.807, 2.05) is 6.07 Å². The number of halogens is 1. The summed E-state index contributed by atoms with van der Waals surface area (Å²) in [5.41, 5.74) is 2.56. The number of piperazine rings is 1. The van der Waals surface area contributed by atoms with Crippen molar-refractivity contribution in [3.63, 3.8) is 0 Å². The van der Waals surface area contributed by atoms with E-state index in [0.29, 0.717) is 0 Å². The summed E-state index contributed by atoms with van der Waals surface area (Å²) in [4.78, 5) is 4.96. The summed E-state index contributed by atoms with van der Waals surface area (Å²) in [6, 6.07) is 14.7. The highest BCUT2D eigenvalue weighted by atomic mass is 79.9. The minimum Gasteiger partial charge on any atom is -0.497 e.